The van der Waals surface area contributed by atoms with Gasteiger partial charge in [-0.3, -0.25) is 0 Å². The van der Waals surface area contributed by atoms with E-state index in [0.29, 0.717) is 6.04 Å². The zero-order chi connectivity index (χ0) is 12.1. The Balaban J connectivity index is 2.31. The van der Waals surface area contributed by atoms with E-state index in [1.807, 2.05) is 0 Å². The van der Waals surface area contributed by atoms with Crippen LogP contribution in [0.25, 0.3) is 0 Å². The summed E-state index contributed by atoms with van der Waals surface area (Å²) in [6, 6.07) is 0.673. The van der Waals surface area contributed by atoms with Gasteiger partial charge in [-0.05, 0) is 24.8 Å². The molecular formula is C13H28N2O. The van der Waals surface area contributed by atoms with Crippen molar-refractivity contribution in [2.75, 3.05) is 26.2 Å². The normalized spacial score (nSPS) is 24.6. The Morgan fingerprint density at radius 2 is 2.00 bits per heavy atom. The van der Waals surface area contributed by atoms with Gasteiger partial charge in [-0.25, -0.2) is 0 Å². The Labute approximate surface area is 100 Å². The molecule has 1 heterocycles. The summed E-state index contributed by atoms with van der Waals surface area (Å²) in [5, 5.41) is 12.7. The number of nitrogens with zero attached hydrogens (tertiary/aromatic N) is 1. The van der Waals surface area contributed by atoms with Crippen molar-refractivity contribution in [1.29, 1.82) is 0 Å². The quantitative estimate of drug-likeness (QED) is 0.720. The second kappa shape index (κ2) is 6.58. The largest absolute Gasteiger partial charge is 0.395 e. The van der Waals surface area contributed by atoms with E-state index < -0.39 is 0 Å². The molecule has 0 aromatic heterocycles. The molecule has 0 amide bonds. The summed E-state index contributed by atoms with van der Waals surface area (Å²) in [6.45, 7) is 12.5. The van der Waals surface area contributed by atoms with Crippen LogP contribution in [0.5, 0.6) is 0 Å². The molecular weight excluding hydrogens is 200 g/mol. The predicted molar refractivity (Wildman–Crippen MR) is 68.5 cm³/mol. The lowest BCUT2D eigenvalue weighted by atomic mass is 9.95. The van der Waals surface area contributed by atoms with Crippen LogP contribution in [-0.4, -0.2) is 48.3 Å². The molecule has 3 heteroatoms. The van der Waals surface area contributed by atoms with E-state index >= 15 is 0 Å². The van der Waals surface area contributed by atoms with Crippen molar-refractivity contribution in [2.24, 2.45) is 11.8 Å². The van der Waals surface area contributed by atoms with Crippen molar-refractivity contribution in [2.45, 2.75) is 46.2 Å². The minimum absolute atomic E-state index is 0.228. The van der Waals surface area contributed by atoms with Gasteiger partial charge < -0.3 is 15.3 Å². The Morgan fingerprint density at radius 3 is 2.44 bits per heavy atom. The lowest BCUT2D eigenvalue weighted by Gasteiger charge is -2.25. The maximum Gasteiger partial charge on any atom is 0.0597 e. The Kier molecular flexibility index (Phi) is 5.73. The number of likely N-dealkylation sites (tertiary alicyclic amines) is 1. The SMILES string of the molecule is CC(C)NC(CO)CN1CCC(C(C)C)C1. The topological polar surface area (TPSA) is 35.5 Å². The predicted octanol–water partition coefficient (Wildman–Crippen LogP) is 1.32. The number of hydrogen-bond acceptors (Lipinski definition) is 3. The van der Waals surface area contributed by atoms with Gasteiger partial charge in [0.1, 0.15) is 0 Å². The van der Waals surface area contributed by atoms with Crippen LogP contribution in [0.3, 0.4) is 0 Å². The van der Waals surface area contributed by atoms with Crippen LogP contribution < -0.4 is 5.32 Å². The summed E-state index contributed by atoms with van der Waals surface area (Å²) in [6.07, 6.45) is 1.32. The van der Waals surface area contributed by atoms with Crippen LogP contribution in [0.1, 0.15) is 34.1 Å². The molecule has 3 nitrogen and oxygen atoms in total. The summed E-state index contributed by atoms with van der Waals surface area (Å²) < 4.78 is 0. The van der Waals surface area contributed by atoms with Gasteiger partial charge in [0.05, 0.1) is 6.61 Å². The van der Waals surface area contributed by atoms with Crippen LogP contribution in [-0.2, 0) is 0 Å². The molecule has 0 spiro atoms. The highest BCUT2D eigenvalue weighted by molar-refractivity contribution is 4.81. The minimum Gasteiger partial charge on any atom is -0.395 e. The molecule has 1 aliphatic rings. The van der Waals surface area contributed by atoms with Crippen LogP contribution in [0.2, 0.25) is 0 Å². The zero-order valence-corrected chi connectivity index (χ0v) is 11.2. The third-order valence-electron chi connectivity index (χ3n) is 3.52. The molecule has 0 aliphatic carbocycles. The average molecular weight is 228 g/mol. The van der Waals surface area contributed by atoms with Crippen LogP contribution in [0.15, 0.2) is 0 Å². The number of hydrogen-bond donors (Lipinski definition) is 2. The number of aliphatic hydroxyl groups excluding tert-OH is 1. The highest BCUT2D eigenvalue weighted by Crippen LogP contribution is 2.23. The Bertz CT molecular complexity index is 194. The molecule has 0 aromatic carbocycles. The molecule has 2 unspecified atom stereocenters. The van der Waals surface area contributed by atoms with Crippen LogP contribution in [0.4, 0.5) is 0 Å². The molecule has 2 atom stereocenters. The maximum atomic E-state index is 9.32. The molecule has 1 rings (SSSR count). The van der Waals surface area contributed by atoms with Crippen LogP contribution in [0, 0.1) is 11.8 Å². The first-order valence-corrected chi connectivity index (χ1v) is 6.62. The van der Waals surface area contributed by atoms with Crippen molar-refractivity contribution in [3.63, 3.8) is 0 Å². The fourth-order valence-electron chi connectivity index (χ4n) is 2.52. The van der Waals surface area contributed by atoms with Crippen molar-refractivity contribution in [3.05, 3.63) is 0 Å². The van der Waals surface area contributed by atoms with Gasteiger partial charge in [-0.15, -0.1) is 0 Å². The van der Waals surface area contributed by atoms with Crippen molar-refractivity contribution < 1.29 is 5.11 Å². The maximum absolute atomic E-state index is 9.32. The molecule has 16 heavy (non-hydrogen) atoms. The molecule has 1 saturated heterocycles. The summed E-state index contributed by atoms with van der Waals surface area (Å²) in [7, 11) is 0. The van der Waals surface area contributed by atoms with E-state index in [4.69, 9.17) is 0 Å². The number of aliphatic hydroxyl groups is 1. The summed E-state index contributed by atoms with van der Waals surface area (Å²) >= 11 is 0. The van der Waals surface area contributed by atoms with E-state index in [1.165, 1.54) is 19.5 Å². The first-order chi connectivity index (χ1) is 7.52. The van der Waals surface area contributed by atoms with E-state index in [1.54, 1.807) is 0 Å². The van der Waals surface area contributed by atoms with Gasteiger partial charge in [-0.1, -0.05) is 27.7 Å². The van der Waals surface area contributed by atoms with E-state index in [0.717, 1.165) is 18.4 Å². The average Bonchev–Trinajstić information content (AvgIpc) is 2.64. The van der Waals surface area contributed by atoms with Gasteiger partial charge >= 0.3 is 0 Å². The molecule has 1 fully saturated rings. The molecule has 96 valence electrons. The summed E-state index contributed by atoms with van der Waals surface area (Å²) in [4.78, 5) is 2.49. The molecule has 2 N–H and O–H groups in total. The zero-order valence-electron chi connectivity index (χ0n) is 11.2. The monoisotopic (exact) mass is 228 g/mol. The minimum atomic E-state index is 0.228. The standard InChI is InChI=1S/C13H28N2O/c1-10(2)12-5-6-15(7-12)8-13(9-16)14-11(3)4/h10-14,16H,5-9H2,1-4H3. The van der Waals surface area contributed by atoms with Crippen molar-refractivity contribution in [3.8, 4) is 0 Å². The van der Waals surface area contributed by atoms with E-state index in [2.05, 4.69) is 37.9 Å². The Hall–Kier alpha value is -0.120. The lowest BCUT2D eigenvalue weighted by Crippen LogP contribution is -2.45. The van der Waals surface area contributed by atoms with E-state index in [9.17, 15) is 5.11 Å². The fraction of sp³-hybridized carbons (Fsp3) is 1.00. The van der Waals surface area contributed by atoms with Crippen LogP contribution >= 0.6 is 0 Å². The molecule has 1 aliphatic heterocycles. The highest BCUT2D eigenvalue weighted by Gasteiger charge is 2.26. The summed E-state index contributed by atoms with van der Waals surface area (Å²) in [5.41, 5.74) is 0. The smallest absolute Gasteiger partial charge is 0.0597 e. The second-order valence-electron chi connectivity index (χ2n) is 5.75. The molecule has 0 bridgehead atoms. The van der Waals surface area contributed by atoms with Gasteiger partial charge in [0.2, 0.25) is 0 Å². The highest BCUT2D eigenvalue weighted by atomic mass is 16.3. The van der Waals surface area contributed by atoms with Crippen molar-refractivity contribution in [1.82, 2.24) is 10.2 Å². The number of rotatable bonds is 6. The first kappa shape index (κ1) is 13.9. The Morgan fingerprint density at radius 1 is 1.31 bits per heavy atom. The van der Waals surface area contributed by atoms with Gasteiger partial charge in [0.15, 0.2) is 0 Å². The molecule has 0 saturated carbocycles. The lowest BCUT2D eigenvalue weighted by molar-refractivity contribution is 0.187. The first-order valence-electron chi connectivity index (χ1n) is 6.62. The third-order valence-corrected chi connectivity index (χ3v) is 3.52. The fourth-order valence-corrected chi connectivity index (χ4v) is 2.52. The summed E-state index contributed by atoms with van der Waals surface area (Å²) in [5.74, 6) is 1.63. The van der Waals surface area contributed by atoms with Gasteiger partial charge in [-0.2, -0.15) is 0 Å². The van der Waals surface area contributed by atoms with Gasteiger partial charge in [0, 0.05) is 25.2 Å². The second-order valence-corrected chi connectivity index (χ2v) is 5.75. The molecule has 0 radical (unpaired) electrons. The molecule has 0 aromatic rings. The third kappa shape index (κ3) is 4.40. The van der Waals surface area contributed by atoms with Gasteiger partial charge in [0.25, 0.3) is 0 Å². The van der Waals surface area contributed by atoms with Crippen molar-refractivity contribution >= 4 is 0 Å². The number of nitrogens with one attached hydrogen (secondary N) is 1. The van der Waals surface area contributed by atoms with E-state index in [-0.39, 0.29) is 12.6 Å².